The molecule has 7 heteroatoms. The maximum absolute atomic E-state index is 11.9. The monoisotopic (exact) mass is 335 g/mol. The fraction of sp³-hybridized carbons (Fsp3) is 0.111. The number of carbonyl (C=O) groups excluding carboxylic acids is 2. The summed E-state index contributed by atoms with van der Waals surface area (Å²) in [5.74, 6) is -0.316. The van der Waals surface area contributed by atoms with Gasteiger partial charge in [0, 0.05) is 25.0 Å². The molecule has 1 aliphatic heterocycles. The van der Waals surface area contributed by atoms with Crippen molar-refractivity contribution in [1.82, 2.24) is 10.3 Å². The molecular weight excluding hydrogens is 318 g/mol. The third-order valence-corrected chi connectivity index (χ3v) is 3.41. The number of fused-ring (bicyclic) bond motifs is 1. The predicted molar refractivity (Wildman–Crippen MR) is 96.5 cm³/mol. The Morgan fingerprint density at radius 3 is 2.84 bits per heavy atom. The zero-order valence-corrected chi connectivity index (χ0v) is 13.4. The van der Waals surface area contributed by atoms with Gasteiger partial charge in [-0.1, -0.05) is 30.3 Å². The highest BCUT2D eigenvalue weighted by Crippen LogP contribution is 2.24. The van der Waals surface area contributed by atoms with Crippen molar-refractivity contribution in [3.8, 4) is 0 Å². The number of hydrogen-bond acceptors (Lipinski definition) is 5. The van der Waals surface area contributed by atoms with Crippen LogP contribution in [-0.4, -0.2) is 36.1 Å². The first-order chi connectivity index (χ1) is 12.2. The third kappa shape index (κ3) is 4.51. The first-order valence-electron chi connectivity index (χ1n) is 7.80. The van der Waals surface area contributed by atoms with Gasteiger partial charge < -0.3 is 16.0 Å². The van der Waals surface area contributed by atoms with Crippen LogP contribution in [0.4, 0.5) is 11.5 Å². The number of carbonyl (C=O) groups is 2. The van der Waals surface area contributed by atoms with E-state index >= 15 is 0 Å². The Morgan fingerprint density at radius 2 is 2.00 bits per heavy atom. The highest BCUT2D eigenvalue weighted by atomic mass is 16.2. The molecule has 0 atom stereocenters. The molecule has 1 aromatic carbocycles. The highest BCUT2D eigenvalue weighted by Gasteiger charge is 2.20. The number of rotatable bonds is 5. The van der Waals surface area contributed by atoms with Crippen molar-refractivity contribution in [2.75, 3.05) is 23.7 Å². The van der Waals surface area contributed by atoms with Crippen molar-refractivity contribution in [3.05, 3.63) is 66.0 Å². The van der Waals surface area contributed by atoms with Crippen LogP contribution in [0.1, 0.15) is 5.56 Å². The zero-order valence-electron chi connectivity index (χ0n) is 13.4. The van der Waals surface area contributed by atoms with Crippen LogP contribution >= 0.6 is 0 Å². The van der Waals surface area contributed by atoms with E-state index in [9.17, 15) is 9.59 Å². The van der Waals surface area contributed by atoms with Crippen molar-refractivity contribution in [2.24, 2.45) is 4.99 Å². The Bertz CT molecular complexity index is 830. The van der Waals surface area contributed by atoms with Crippen LogP contribution in [0.15, 0.2) is 65.4 Å². The van der Waals surface area contributed by atoms with Gasteiger partial charge in [-0.2, -0.15) is 0 Å². The molecule has 0 saturated carbocycles. The first-order valence-corrected chi connectivity index (χ1v) is 7.80. The molecule has 2 heterocycles. The smallest absolute Gasteiger partial charge is 0.273 e. The summed E-state index contributed by atoms with van der Waals surface area (Å²) >= 11 is 0. The quantitative estimate of drug-likeness (QED) is 0.439. The van der Waals surface area contributed by atoms with Crippen molar-refractivity contribution in [1.29, 1.82) is 0 Å². The summed E-state index contributed by atoms with van der Waals surface area (Å²) in [5.41, 5.74) is 1.82. The molecule has 0 fully saturated rings. The molecule has 126 valence electrons. The number of benzene rings is 1. The maximum atomic E-state index is 11.9. The average molecular weight is 335 g/mol. The molecule has 0 aliphatic carbocycles. The topological polar surface area (TPSA) is 95.5 Å². The molecule has 25 heavy (non-hydrogen) atoms. The number of aromatic nitrogens is 1. The maximum Gasteiger partial charge on any atom is 0.273 e. The van der Waals surface area contributed by atoms with E-state index in [-0.39, 0.29) is 11.6 Å². The van der Waals surface area contributed by atoms with E-state index in [0.29, 0.717) is 24.6 Å². The lowest BCUT2D eigenvalue weighted by molar-refractivity contribution is -0.117. The number of nitrogens with one attached hydrogen (secondary N) is 3. The van der Waals surface area contributed by atoms with Gasteiger partial charge in [0.15, 0.2) is 5.82 Å². The molecule has 0 saturated heterocycles. The van der Waals surface area contributed by atoms with Gasteiger partial charge in [-0.3, -0.25) is 14.6 Å². The van der Waals surface area contributed by atoms with Crippen LogP contribution in [0.3, 0.4) is 0 Å². The fourth-order valence-electron chi connectivity index (χ4n) is 2.22. The van der Waals surface area contributed by atoms with Crippen molar-refractivity contribution < 1.29 is 9.59 Å². The van der Waals surface area contributed by atoms with E-state index in [1.54, 1.807) is 24.5 Å². The average Bonchev–Trinajstić information content (AvgIpc) is 2.63. The molecule has 2 amide bonds. The lowest BCUT2D eigenvalue weighted by atomic mass is 10.2. The molecule has 1 aliphatic rings. The molecule has 0 bridgehead atoms. The van der Waals surface area contributed by atoms with Gasteiger partial charge in [-0.05, 0) is 17.7 Å². The second-order valence-electron chi connectivity index (χ2n) is 5.27. The Kier molecular flexibility index (Phi) is 5.16. The minimum Gasteiger partial charge on any atom is -0.351 e. The van der Waals surface area contributed by atoms with E-state index in [4.69, 9.17) is 0 Å². The molecule has 3 N–H and O–H groups in total. The summed E-state index contributed by atoms with van der Waals surface area (Å²) in [6, 6.07) is 13.2. The lowest BCUT2D eigenvalue weighted by Gasteiger charge is -2.19. The van der Waals surface area contributed by atoms with Crippen LogP contribution in [0.2, 0.25) is 0 Å². The van der Waals surface area contributed by atoms with Gasteiger partial charge in [0.05, 0.1) is 12.2 Å². The number of aliphatic imine (C=N–C) groups is 1. The molecular formula is C18H17N5O2. The summed E-state index contributed by atoms with van der Waals surface area (Å²) in [6.45, 7) is 0.835. The van der Waals surface area contributed by atoms with Gasteiger partial charge >= 0.3 is 0 Å². The van der Waals surface area contributed by atoms with Crippen LogP contribution < -0.4 is 16.0 Å². The summed E-state index contributed by atoms with van der Waals surface area (Å²) in [6.07, 6.45) is 4.56. The molecule has 1 aromatic heterocycles. The molecule has 0 spiro atoms. The van der Waals surface area contributed by atoms with Gasteiger partial charge in [-0.15, -0.1) is 0 Å². The number of anilines is 2. The molecule has 0 radical (unpaired) electrons. The first kappa shape index (κ1) is 16.4. The number of hydrogen-bond donors (Lipinski definition) is 3. The minimum absolute atomic E-state index is 0.172. The Balaban J connectivity index is 1.50. The van der Waals surface area contributed by atoms with Gasteiger partial charge in [-0.25, -0.2) is 4.98 Å². The summed E-state index contributed by atoms with van der Waals surface area (Å²) in [7, 11) is 0. The van der Waals surface area contributed by atoms with Crippen LogP contribution in [0.25, 0.3) is 0 Å². The lowest BCUT2D eigenvalue weighted by Crippen LogP contribution is -2.30. The Morgan fingerprint density at radius 1 is 1.16 bits per heavy atom. The van der Waals surface area contributed by atoms with E-state index in [2.05, 4.69) is 25.9 Å². The summed E-state index contributed by atoms with van der Waals surface area (Å²) in [4.78, 5) is 32.1. The minimum atomic E-state index is -0.400. The standard InChI is InChI=1S/C18H17N5O2/c24-16(20-10-9-19-12-13-5-2-1-3-6-13)11-15-18(25)23-17-14(22-15)7-4-8-21-17/h1-8,11-12,22H,9-10H2,(H,20,24)(H,21,23,25)/b15-11+,19-12?. The third-order valence-electron chi connectivity index (χ3n) is 3.41. The molecule has 7 nitrogen and oxygen atoms in total. The summed E-state index contributed by atoms with van der Waals surface area (Å²) in [5, 5.41) is 8.22. The number of amides is 2. The Labute approximate surface area is 144 Å². The number of pyridine rings is 1. The SMILES string of the molecule is O=C(/C=C1/Nc2cccnc2NC1=O)NCCN=Cc1ccccc1. The molecule has 2 aromatic rings. The van der Waals surface area contributed by atoms with Crippen LogP contribution in [0, 0.1) is 0 Å². The van der Waals surface area contributed by atoms with Gasteiger partial charge in [0.2, 0.25) is 5.91 Å². The Hall–Kier alpha value is -3.48. The fourth-order valence-corrected chi connectivity index (χ4v) is 2.22. The predicted octanol–water partition coefficient (Wildman–Crippen LogP) is 1.56. The van der Waals surface area contributed by atoms with Crippen LogP contribution in [0.5, 0.6) is 0 Å². The second-order valence-corrected chi connectivity index (χ2v) is 5.27. The second kappa shape index (κ2) is 7.87. The van der Waals surface area contributed by atoms with E-state index in [1.807, 2.05) is 30.3 Å². The van der Waals surface area contributed by atoms with E-state index < -0.39 is 5.91 Å². The zero-order chi connectivity index (χ0) is 17.5. The van der Waals surface area contributed by atoms with Crippen molar-refractivity contribution in [3.63, 3.8) is 0 Å². The van der Waals surface area contributed by atoms with E-state index in [1.165, 1.54) is 6.08 Å². The van der Waals surface area contributed by atoms with Crippen molar-refractivity contribution in [2.45, 2.75) is 0 Å². The summed E-state index contributed by atoms with van der Waals surface area (Å²) < 4.78 is 0. The van der Waals surface area contributed by atoms with Gasteiger partial charge in [0.25, 0.3) is 5.91 Å². The highest BCUT2D eigenvalue weighted by molar-refractivity contribution is 6.13. The largest absolute Gasteiger partial charge is 0.351 e. The molecule has 0 unspecified atom stereocenters. The normalized spacial score (nSPS) is 14.7. The van der Waals surface area contributed by atoms with E-state index in [0.717, 1.165) is 5.56 Å². The van der Waals surface area contributed by atoms with Crippen molar-refractivity contribution >= 4 is 29.5 Å². The van der Waals surface area contributed by atoms with Gasteiger partial charge in [0.1, 0.15) is 5.70 Å². The number of nitrogens with zero attached hydrogens (tertiary/aromatic N) is 2. The molecule has 3 rings (SSSR count). The van der Waals surface area contributed by atoms with Crippen LogP contribution in [-0.2, 0) is 9.59 Å².